The van der Waals surface area contributed by atoms with Crippen molar-refractivity contribution in [2.24, 2.45) is 35.0 Å². The Balaban J connectivity index is 1.01. The first-order valence-corrected chi connectivity index (χ1v) is 17.8. The third kappa shape index (κ3) is 5.81. The van der Waals surface area contributed by atoms with Crippen molar-refractivity contribution in [3.05, 3.63) is 63.7 Å². The summed E-state index contributed by atoms with van der Waals surface area (Å²) in [6.07, 6.45) is 16.4. The lowest BCUT2D eigenvalue weighted by Crippen LogP contribution is -2.49. The van der Waals surface area contributed by atoms with Crippen molar-refractivity contribution in [3.8, 4) is 0 Å². The molecule has 4 bridgehead atoms. The van der Waals surface area contributed by atoms with Gasteiger partial charge in [-0.15, -0.1) is 0 Å². The van der Waals surface area contributed by atoms with Crippen LogP contribution in [0.4, 0.5) is 11.4 Å². The molecule has 8 nitrogen and oxygen atoms in total. The maximum Gasteiger partial charge on any atom is 0.293 e. The minimum Gasteiger partial charge on any atom is -0.379 e. The smallest absolute Gasteiger partial charge is 0.293 e. The second-order valence-electron chi connectivity index (χ2n) is 14.6. The van der Waals surface area contributed by atoms with Crippen LogP contribution < -0.4 is 10.0 Å². The van der Waals surface area contributed by atoms with Crippen molar-refractivity contribution < 1.29 is 18.1 Å². The van der Waals surface area contributed by atoms with Crippen molar-refractivity contribution in [2.75, 3.05) is 11.9 Å². The monoisotopic (exact) mass is 605 g/mol. The lowest BCUT2D eigenvalue weighted by atomic mass is 9.49. The minimum absolute atomic E-state index is 0.173. The van der Waals surface area contributed by atoms with Crippen molar-refractivity contribution >= 4 is 27.3 Å². The van der Waals surface area contributed by atoms with Crippen LogP contribution in [-0.2, 0) is 10.0 Å². The summed E-state index contributed by atoms with van der Waals surface area (Å²) in [4.78, 5) is 24.1. The number of anilines is 1. The van der Waals surface area contributed by atoms with E-state index in [2.05, 4.69) is 10.0 Å². The van der Waals surface area contributed by atoms with Crippen LogP contribution in [0.5, 0.6) is 0 Å². The van der Waals surface area contributed by atoms with Crippen LogP contribution in [-0.4, -0.2) is 25.8 Å². The van der Waals surface area contributed by atoms with Gasteiger partial charge in [-0.25, -0.2) is 13.1 Å². The molecule has 2 N–H and O–H groups in total. The Morgan fingerprint density at radius 1 is 0.860 bits per heavy atom. The number of rotatable bonds is 8. The van der Waals surface area contributed by atoms with Crippen molar-refractivity contribution in [2.45, 2.75) is 94.3 Å². The van der Waals surface area contributed by atoms with Crippen LogP contribution in [0.25, 0.3) is 0 Å². The van der Waals surface area contributed by atoms with E-state index in [1.54, 1.807) is 12.1 Å². The lowest BCUT2D eigenvalue weighted by molar-refractivity contribution is -0.384. The van der Waals surface area contributed by atoms with Crippen LogP contribution >= 0.6 is 0 Å². The number of nitrogens with zero attached hydrogens (tertiary/aromatic N) is 1. The molecule has 43 heavy (non-hydrogen) atoms. The zero-order valence-corrected chi connectivity index (χ0v) is 25.6. The molecular formula is C34H43N3O5S. The number of hydrogen-bond acceptors (Lipinski definition) is 6. The number of carbonyl (C=O) groups is 1. The average Bonchev–Trinajstić information content (AvgIpc) is 2.99. The Kier molecular flexibility index (Phi) is 7.51. The molecule has 0 radical (unpaired) electrons. The fourth-order valence-corrected chi connectivity index (χ4v) is 11.1. The zero-order chi connectivity index (χ0) is 29.8. The highest BCUT2D eigenvalue weighted by molar-refractivity contribution is 7.90. The molecule has 8 rings (SSSR count). The number of nitrogens with one attached hydrogen (secondary N) is 2. The van der Waals surface area contributed by atoms with Crippen molar-refractivity contribution in [1.29, 1.82) is 0 Å². The van der Waals surface area contributed by atoms with Gasteiger partial charge in [0.25, 0.3) is 21.6 Å². The van der Waals surface area contributed by atoms with E-state index < -0.39 is 20.9 Å². The van der Waals surface area contributed by atoms with E-state index in [-0.39, 0.29) is 21.6 Å². The molecule has 6 aliphatic carbocycles. The van der Waals surface area contributed by atoms with E-state index >= 15 is 0 Å². The van der Waals surface area contributed by atoms with Gasteiger partial charge in [0.1, 0.15) is 5.69 Å². The topological polar surface area (TPSA) is 118 Å². The Hall–Kier alpha value is -2.94. The van der Waals surface area contributed by atoms with Gasteiger partial charge in [0, 0.05) is 18.2 Å². The van der Waals surface area contributed by atoms with Gasteiger partial charge >= 0.3 is 0 Å². The third-order valence-corrected chi connectivity index (χ3v) is 13.0. The maximum atomic E-state index is 13.2. The van der Waals surface area contributed by atoms with Gasteiger partial charge in [-0.2, -0.15) is 0 Å². The highest BCUT2D eigenvalue weighted by atomic mass is 32.2. The molecule has 0 spiro atoms. The second-order valence-corrected chi connectivity index (χ2v) is 16.3. The van der Waals surface area contributed by atoms with E-state index in [0.717, 1.165) is 42.1 Å². The van der Waals surface area contributed by atoms with E-state index in [4.69, 9.17) is 0 Å². The van der Waals surface area contributed by atoms with Crippen LogP contribution in [0.3, 0.4) is 0 Å². The van der Waals surface area contributed by atoms with Gasteiger partial charge in [0.2, 0.25) is 0 Å². The predicted octanol–water partition coefficient (Wildman–Crippen LogP) is 7.42. The molecule has 0 saturated heterocycles. The summed E-state index contributed by atoms with van der Waals surface area (Å²) in [6.45, 7) is 0.665. The summed E-state index contributed by atoms with van der Waals surface area (Å²) in [7, 11) is -4.31. The van der Waals surface area contributed by atoms with Crippen molar-refractivity contribution in [3.63, 3.8) is 0 Å². The maximum absolute atomic E-state index is 13.2. The van der Waals surface area contributed by atoms with Gasteiger partial charge in [-0.05, 0) is 129 Å². The molecule has 2 aromatic rings. The highest BCUT2D eigenvalue weighted by Crippen LogP contribution is 2.60. The summed E-state index contributed by atoms with van der Waals surface area (Å²) >= 11 is 0. The molecule has 6 fully saturated rings. The minimum atomic E-state index is -4.31. The van der Waals surface area contributed by atoms with E-state index in [9.17, 15) is 23.3 Å². The molecule has 6 saturated carbocycles. The van der Waals surface area contributed by atoms with Crippen LogP contribution in [0, 0.1) is 45.1 Å². The normalized spacial score (nSPS) is 33.0. The van der Waals surface area contributed by atoms with E-state index in [1.807, 2.05) is 12.1 Å². The van der Waals surface area contributed by atoms with Gasteiger partial charge in [-0.3, -0.25) is 14.9 Å². The molecule has 230 valence electrons. The van der Waals surface area contributed by atoms with Gasteiger partial charge < -0.3 is 5.32 Å². The quantitative estimate of drug-likeness (QED) is 0.239. The molecule has 3 unspecified atom stereocenters. The summed E-state index contributed by atoms with van der Waals surface area (Å²) < 4.78 is 28.4. The van der Waals surface area contributed by atoms with Crippen LogP contribution in [0.1, 0.15) is 105 Å². The molecule has 0 heterocycles. The summed E-state index contributed by atoms with van der Waals surface area (Å²) in [6, 6.07) is 11.1. The summed E-state index contributed by atoms with van der Waals surface area (Å²) in [5.74, 6) is 3.71. The molecule has 6 aliphatic rings. The fraction of sp³-hybridized carbons (Fsp3) is 0.618. The number of benzene rings is 2. The predicted molar refractivity (Wildman–Crippen MR) is 165 cm³/mol. The molecule has 9 heteroatoms. The Bertz CT molecular complexity index is 1470. The Morgan fingerprint density at radius 3 is 2.16 bits per heavy atom. The number of carbonyl (C=O) groups excluding carboxylic acids is 1. The number of sulfonamides is 1. The average molecular weight is 606 g/mol. The number of fused-ring (bicyclic) bond motifs is 1. The SMILES string of the molecule is O=C(NS(=O)(=O)c1ccc(NCC23CC4CC(CC(C4)C2)C3)c([N+](=O)[O-])c1)c1ccc(C2CCC3CCCCC3C2)cc1. The first-order valence-electron chi connectivity index (χ1n) is 16.4. The second kappa shape index (κ2) is 11.2. The summed E-state index contributed by atoms with van der Waals surface area (Å²) in [5.41, 5.74) is 1.66. The largest absolute Gasteiger partial charge is 0.379 e. The molecule has 2 aromatic carbocycles. The molecule has 3 atom stereocenters. The van der Waals surface area contributed by atoms with Crippen LogP contribution in [0.15, 0.2) is 47.4 Å². The Morgan fingerprint density at radius 2 is 1.51 bits per heavy atom. The van der Waals surface area contributed by atoms with E-state index in [0.29, 0.717) is 18.2 Å². The number of amides is 1. The number of hydrogen-bond donors (Lipinski definition) is 2. The van der Waals surface area contributed by atoms with E-state index in [1.165, 1.54) is 94.7 Å². The molecule has 0 aliphatic heterocycles. The standard InChI is InChI=1S/C34H43N3O5S/c38-33(27-8-5-26(6-9-27)29-10-7-25-3-1-2-4-28(25)16-29)36-43(41,42)30-11-12-31(32(17-30)37(39)40)35-21-34-18-22-13-23(19-34)15-24(14-22)20-34/h5-6,8-9,11-12,17,22-25,28-29,35H,1-4,7,10,13-16,18-21H2,(H,36,38). The van der Waals surface area contributed by atoms with Gasteiger partial charge in [-0.1, -0.05) is 37.8 Å². The van der Waals surface area contributed by atoms with Crippen molar-refractivity contribution in [1.82, 2.24) is 4.72 Å². The molecule has 0 aromatic heterocycles. The van der Waals surface area contributed by atoms with Crippen LogP contribution in [0.2, 0.25) is 0 Å². The first-order chi connectivity index (χ1) is 20.7. The fourth-order valence-electron chi connectivity index (χ4n) is 10.1. The lowest BCUT2D eigenvalue weighted by Gasteiger charge is -2.57. The van der Waals surface area contributed by atoms with Gasteiger partial charge in [0.05, 0.1) is 9.82 Å². The third-order valence-electron chi connectivity index (χ3n) is 11.7. The summed E-state index contributed by atoms with van der Waals surface area (Å²) in [5, 5.41) is 15.3. The van der Waals surface area contributed by atoms with Gasteiger partial charge in [0.15, 0.2) is 0 Å². The molecule has 1 amide bonds. The number of nitro groups is 1. The first kappa shape index (κ1) is 28.8. The zero-order valence-electron chi connectivity index (χ0n) is 24.8. The molecular weight excluding hydrogens is 562 g/mol. The Labute approximate surface area is 254 Å². The highest BCUT2D eigenvalue weighted by Gasteiger charge is 2.50. The number of nitro benzene ring substituents is 1.